The van der Waals surface area contributed by atoms with Crippen LogP contribution >= 0.6 is 0 Å². The van der Waals surface area contributed by atoms with Gasteiger partial charge in [-0.2, -0.15) is 0 Å². The van der Waals surface area contributed by atoms with Crippen LogP contribution in [0.15, 0.2) is 170 Å². The van der Waals surface area contributed by atoms with E-state index >= 15 is 0 Å². The lowest BCUT2D eigenvalue weighted by Gasteiger charge is -2.19. The molecule has 0 N–H and O–H groups in total. The molecule has 414 valence electrons. The topological polar surface area (TPSA) is 68.3 Å². The zero-order chi connectivity index (χ0) is 57.7. The fraction of sp³-hybridized carbons (Fsp3) is 0.325. The molecule has 0 aliphatic heterocycles. The summed E-state index contributed by atoms with van der Waals surface area (Å²) in [6, 6.07) is 59.4. The Bertz CT molecular complexity index is 3580. The van der Waals surface area contributed by atoms with Crippen molar-refractivity contribution in [3.8, 4) is 44.5 Å². The fourth-order valence-corrected chi connectivity index (χ4v) is 12.3. The number of rotatable bonds is 9. The first-order valence-electron chi connectivity index (χ1n) is 29.9. The number of benzene rings is 8. The van der Waals surface area contributed by atoms with Gasteiger partial charge in [0.05, 0.1) is 0 Å². The predicted molar refractivity (Wildman–Crippen MR) is 337 cm³/mol. The highest BCUT2D eigenvalue weighted by Crippen LogP contribution is 2.39. The minimum atomic E-state index is 0.120. The summed E-state index contributed by atoms with van der Waals surface area (Å²) in [7, 11) is 0. The van der Waals surface area contributed by atoms with Crippen molar-refractivity contribution in [3.63, 3.8) is 0 Å². The van der Waals surface area contributed by atoms with Crippen molar-refractivity contribution < 1.29 is 19.2 Å². The Hall–Kier alpha value is -7.56. The van der Waals surface area contributed by atoms with Gasteiger partial charge in [0.25, 0.3) is 0 Å². The second-order valence-corrected chi connectivity index (χ2v) is 24.7. The van der Waals surface area contributed by atoms with Crippen molar-refractivity contribution in [1.29, 1.82) is 0 Å². The number of carbonyl (C=O) groups is 4. The van der Waals surface area contributed by atoms with E-state index in [0.717, 1.165) is 99.7 Å². The molecule has 8 aromatic carbocycles. The van der Waals surface area contributed by atoms with Crippen molar-refractivity contribution >= 4 is 23.1 Å². The minimum Gasteiger partial charge on any atom is -0.294 e. The maximum atomic E-state index is 12.4. The van der Waals surface area contributed by atoms with Crippen LogP contribution in [0.4, 0.5) is 0 Å². The molecule has 4 unspecified atom stereocenters. The molecule has 8 aromatic rings. The van der Waals surface area contributed by atoms with E-state index in [2.05, 4.69) is 218 Å². The molecule has 0 spiro atoms. The van der Waals surface area contributed by atoms with Crippen molar-refractivity contribution in [3.05, 3.63) is 237 Å². The number of unbranched alkanes of at least 4 members (excludes halogenated alkanes) is 1. The maximum Gasteiger partial charge on any atom is 0.166 e. The van der Waals surface area contributed by atoms with E-state index in [9.17, 15) is 19.2 Å². The van der Waals surface area contributed by atoms with Crippen molar-refractivity contribution in [1.82, 2.24) is 0 Å². The van der Waals surface area contributed by atoms with Crippen molar-refractivity contribution in [2.45, 2.75) is 139 Å². The van der Waals surface area contributed by atoms with Gasteiger partial charge in [-0.05, 0) is 145 Å². The van der Waals surface area contributed by atoms with E-state index in [4.69, 9.17) is 0 Å². The molecular formula is C77H82O4. The van der Waals surface area contributed by atoms with E-state index in [-0.39, 0.29) is 29.1 Å². The highest BCUT2D eigenvalue weighted by molar-refractivity contribution is 6.10. The quantitative estimate of drug-likeness (QED) is 0.144. The van der Waals surface area contributed by atoms with Crippen LogP contribution in [0.2, 0.25) is 0 Å². The molecule has 0 saturated carbocycles. The van der Waals surface area contributed by atoms with E-state index in [1.165, 1.54) is 62.9 Å². The summed E-state index contributed by atoms with van der Waals surface area (Å²) in [4.78, 5) is 49.5. The average Bonchev–Trinajstić information content (AvgIpc) is 4.37. The first-order valence-corrected chi connectivity index (χ1v) is 29.9. The highest BCUT2D eigenvalue weighted by Gasteiger charge is 2.33. The standard InChI is InChI=1S/2C20H22O.C19H20O.C18H18O/c1-13-12-15-6-5-7-17(18(15)19(13)21)14-8-10-16(11-9-14)20(2,3)4;1-3-4-7-15-8-5-9-16(13-15)18-11-6-10-17-12-14(2)20(21)19(17)18;1-12(2)14-7-9-15(10-8-14)17-6-4-5-16-11-13(3)19(20)18(16)17;1-3-13-7-9-14(10-8-13)16-6-4-5-15-11-12(2)18(19)17(15)16/h5-11,13H,12H2,1-4H3;5-6,8-11,13-14H,3-4,7,12H2,1-2H3;4-10,12-13H,11H2,1-3H3;4-10,12H,3,11H2,1-2H3. The number of fused-ring (bicyclic) bond motifs is 4. The summed E-state index contributed by atoms with van der Waals surface area (Å²) in [6.07, 6.45) is 8.11. The molecule has 0 heterocycles. The third kappa shape index (κ3) is 12.7. The van der Waals surface area contributed by atoms with Gasteiger partial charge in [-0.15, -0.1) is 0 Å². The van der Waals surface area contributed by atoms with Gasteiger partial charge in [0, 0.05) is 45.9 Å². The summed E-state index contributed by atoms with van der Waals surface area (Å²) >= 11 is 0. The molecule has 12 rings (SSSR count). The molecule has 0 fully saturated rings. The Morgan fingerprint density at radius 1 is 0.407 bits per heavy atom. The van der Waals surface area contributed by atoms with Crippen LogP contribution in [0.1, 0.15) is 181 Å². The minimum absolute atomic E-state index is 0.120. The molecule has 4 aliphatic rings. The molecule has 4 aliphatic carbocycles. The monoisotopic (exact) mass is 1070 g/mol. The Morgan fingerprint density at radius 2 is 0.753 bits per heavy atom. The van der Waals surface area contributed by atoms with Crippen molar-refractivity contribution in [2.24, 2.45) is 23.7 Å². The van der Waals surface area contributed by atoms with Crippen LogP contribution in [0.5, 0.6) is 0 Å². The first-order chi connectivity index (χ1) is 38.9. The third-order valence-corrected chi connectivity index (χ3v) is 17.2. The SMILES string of the molecule is CC1Cc2cccc(-c3ccc(C(C)(C)C)cc3)c2C1=O.CC1Cc2cccc(-c3ccc(C(C)C)cc3)c2C1=O.CCCCc1cccc(-c2cccc3c2C(=O)C(C)C3)c1.CCc1ccc(-c2cccc3c2C(=O)C(C)C3)cc1. The van der Waals surface area contributed by atoms with Gasteiger partial charge >= 0.3 is 0 Å². The van der Waals surface area contributed by atoms with Gasteiger partial charge in [0.1, 0.15) is 0 Å². The normalized spacial score (nSPS) is 17.5. The molecule has 0 aromatic heterocycles. The van der Waals surface area contributed by atoms with Crippen molar-refractivity contribution in [2.75, 3.05) is 0 Å². The van der Waals surface area contributed by atoms with Gasteiger partial charge in [0.2, 0.25) is 0 Å². The lowest BCUT2D eigenvalue weighted by atomic mass is 9.85. The Balaban J connectivity index is 0.000000130. The number of aryl methyl sites for hydroxylation is 2. The third-order valence-electron chi connectivity index (χ3n) is 17.2. The van der Waals surface area contributed by atoms with Gasteiger partial charge in [-0.1, -0.05) is 252 Å². The largest absolute Gasteiger partial charge is 0.294 e. The average molecular weight is 1070 g/mol. The van der Waals surface area contributed by atoms with Gasteiger partial charge in [-0.3, -0.25) is 19.2 Å². The maximum absolute atomic E-state index is 12.4. The summed E-state index contributed by atoms with van der Waals surface area (Å²) in [6.45, 7) is 23.5. The van der Waals surface area contributed by atoms with Crippen LogP contribution in [-0.2, 0) is 43.9 Å². The molecule has 4 nitrogen and oxygen atoms in total. The van der Waals surface area contributed by atoms with E-state index in [0.29, 0.717) is 29.1 Å². The summed E-state index contributed by atoms with van der Waals surface area (Å²) in [5, 5.41) is 0. The lowest BCUT2D eigenvalue weighted by molar-refractivity contribution is 0.0939. The summed E-state index contributed by atoms with van der Waals surface area (Å²) < 4.78 is 0. The van der Waals surface area contributed by atoms with Crippen LogP contribution in [0.3, 0.4) is 0 Å². The fourth-order valence-electron chi connectivity index (χ4n) is 12.3. The second kappa shape index (κ2) is 25.1. The molecule has 0 saturated heterocycles. The summed E-state index contributed by atoms with van der Waals surface area (Å²) in [5.74, 6) is 2.23. The van der Waals surface area contributed by atoms with E-state index in [1.807, 2.05) is 27.7 Å². The zero-order valence-corrected chi connectivity index (χ0v) is 49.8. The Morgan fingerprint density at radius 3 is 1.10 bits per heavy atom. The Kier molecular flexibility index (Phi) is 18.0. The highest BCUT2D eigenvalue weighted by atomic mass is 16.1. The molecular weight excluding hydrogens is 989 g/mol. The smallest absolute Gasteiger partial charge is 0.166 e. The molecule has 81 heavy (non-hydrogen) atoms. The molecule has 0 radical (unpaired) electrons. The second-order valence-electron chi connectivity index (χ2n) is 24.7. The lowest BCUT2D eigenvalue weighted by Crippen LogP contribution is -2.10. The van der Waals surface area contributed by atoms with Gasteiger partial charge in [0.15, 0.2) is 23.1 Å². The molecule has 0 amide bonds. The number of ketones is 4. The molecule has 4 heteroatoms. The van der Waals surface area contributed by atoms with E-state index in [1.54, 1.807) is 0 Å². The van der Waals surface area contributed by atoms with Gasteiger partial charge in [-0.25, -0.2) is 0 Å². The van der Waals surface area contributed by atoms with Crippen LogP contribution < -0.4 is 0 Å². The number of Topliss-reactive ketones (excluding diaryl/α,β-unsaturated/α-hetero) is 4. The zero-order valence-electron chi connectivity index (χ0n) is 49.8. The van der Waals surface area contributed by atoms with Crippen LogP contribution in [0, 0.1) is 23.7 Å². The first kappa shape index (κ1) is 58.1. The summed E-state index contributed by atoms with van der Waals surface area (Å²) in [5.41, 5.74) is 23.1. The predicted octanol–water partition coefficient (Wildman–Crippen LogP) is 19.2. The number of hydrogen-bond donors (Lipinski definition) is 0. The molecule has 4 atom stereocenters. The Labute approximate surface area is 483 Å². The van der Waals surface area contributed by atoms with Crippen LogP contribution in [0.25, 0.3) is 44.5 Å². The van der Waals surface area contributed by atoms with Crippen LogP contribution in [-0.4, -0.2) is 23.1 Å². The number of hydrogen-bond acceptors (Lipinski definition) is 4. The molecule has 0 bridgehead atoms. The number of carbonyl (C=O) groups excluding carboxylic acids is 4. The van der Waals surface area contributed by atoms with E-state index < -0.39 is 0 Å². The van der Waals surface area contributed by atoms with Gasteiger partial charge < -0.3 is 0 Å².